The third kappa shape index (κ3) is 3.05. The molecule has 0 aliphatic carbocycles. The molecular formula is C13H16N4O2S. The summed E-state index contributed by atoms with van der Waals surface area (Å²) in [6.07, 6.45) is 3.47. The summed E-state index contributed by atoms with van der Waals surface area (Å²) >= 11 is 1.19. The van der Waals surface area contributed by atoms with Gasteiger partial charge >= 0.3 is 5.97 Å². The van der Waals surface area contributed by atoms with Crippen LogP contribution in [0.2, 0.25) is 0 Å². The Morgan fingerprint density at radius 3 is 2.80 bits per heavy atom. The predicted molar refractivity (Wildman–Crippen MR) is 78.8 cm³/mol. The summed E-state index contributed by atoms with van der Waals surface area (Å²) in [7, 11) is 1.89. The number of anilines is 2. The van der Waals surface area contributed by atoms with Gasteiger partial charge in [0.15, 0.2) is 5.82 Å². The van der Waals surface area contributed by atoms with Crippen LogP contribution in [0.3, 0.4) is 0 Å². The van der Waals surface area contributed by atoms with E-state index in [9.17, 15) is 4.79 Å². The predicted octanol–water partition coefficient (Wildman–Crippen LogP) is 1.93. The van der Waals surface area contributed by atoms with Crippen molar-refractivity contribution < 1.29 is 9.53 Å². The lowest BCUT2D eigenvalue weighted by atomic mass is 10.2. The van der Waals surface area contributed by atoms with Crippen molar-refractivity contribution in [3.8, 4) is 0 Å². The van der Waals surface area contributed by atoms with Crippen LogP contribution in [0.4, 0.5) is 10.8 Å². The van der Waals surface area contributed by atoms with Gasteiger partial charge in [0.05, 0.1) is 6.61 Å². The first-order chi connectivity index (χ1) is 9.63. The number of esters is 1. The minimum Gasteiger partial charge on any atom is -0.462 e. The van der Waals surface area contributed by atoms with Gasteiger partial charge in [0.1, 0.15) is 10.6 Å². The van der Waals surface area contributed by atoms with Crippen LogP contribution < -0.4 is 10.6 Å². The van der Waals surface area contributed by atoms with Crippen LogP contribution in [0.1, 0.15) is 22.8 Å². The standard InChI is InChI=1S/C13H16N4O2S/c1-3-19-13(18)10-11(14)16-20-12(10)17(2)8-9-4-6-15-7-5-9/h4-7H,3,8H2,1-2H3,(H2,14,16). The molecule has 2 rings (SSSR count). The molecule has 0 spiro atoms. The van der Waals surface area contributed by atoms with E-state index in [1.165, 1.54) is 11.5 Å². The Morgan fingerprint density at radius 1 is 1.45 bits per heavy atom. The van der Waals surface area contributed by atoms with E-state index in [2.05, 4.69) is 9.36 Å². The van der Waals surface area contributed by atoms with Gasteiger partial charge in [-0.15, -0.1) is 0 Å². The number of pyridine rings is 1. The van der Waals surface area contributed by atoms with Gasteiger partial charge in [0, 0.05) is 26.0 Å². The van der Waals surface area contributed by atoms with Crippen LogP contribution in [-0.4, -0.2) is 29.0 Å². The highest BCUT2D eigenvalue weighted by atomic mass is 32.1. The van der Waals surface area contributed by atoms with Gasteiger partial charge in [0.2, 0.25) is 0 Å². The van der Waals surface area contributed by atoms with Gasteiger partial charge in [0.25, 0.3) is 0 Å². The smallest absolute Gasteiger partial charge is 0.345 e. The monoisotopic (exact) mass is 292 g/mol. The van der Waals surface area contributed by atoms with Gasteiger partial charge in [-0.25, -0.2) is 4.79 Å². The van der Waals surface area contributed by atoms with E-state index in [0.29, 0.717) is 23.7 Å². The number of carbonyl (C=O) groups excluding carboxylic acids is 1. The molecule has 0 aromatic carbocycles. The number of rotatable bonds is 5. The SMILES string of the molecule is CCOC(=O)c1c(N)nsc1N(C)Cc1ccncc1. The lowest BCUT2D eigenvalue weighted by Gasteiger charge is -2.18. The molecule has 6 nitrogen and oxygen atoms in total. The van der Waals surface area contributed by atoms with Crippen molar-refractivity contribution in [2.45, 2.75) is 13.5 Å². The molecule has 0 radical (unpaired) electrons. The zero-order valence-corrected chi connectivity index (χ0v) is 12.2. The summed E-state index contributed by atoms with van der Waals surface area (Å²) in [5.41, 5.74) is 7.19. The van der Waals surface area contributed by atoms with Gasteiger partial charge in [-0.1, -0.05) is 0 Å². The highest BCUT2D eigenvalue weighted by Crippen LogP contribution is 2.31. The highest BCUT2D eigenvalue weighted by Gasteiger charge is 2.23. The summed E-state index contributed by atoms with van der Waals surface area (Å²) in [6, 6.07) is 3.84. The average molecular weight is 292 g/mol. The second kappa shape index (κ2) is 6.33. The maximum Gasteiger partial charge on any atom is 0.345 e. The first kappa shape index (κ1) is 14.3. The van der Waals surface area contributed by atoms with E-state index in [1.807, 2.05) is 24.1 Å². The number of ether oxygens (including phenoxy) is 1. The number of carbonyl (C=O) groups is 1. The van der Waals surface area contributed by atoms with E-state index in [4.69, 9.17) is 10.5 Å². The molecular weight excluding hydrogens is 276 g/mol. The van der Waals surface area contributed by atoms with E-state index in [0.717, 1.165) is 5.56 Å². The molecule has 0 unspecified atom stereocenters. The van der Waals surface area contributed by atoms with Crippen LogP contribution in [-0.2, 0) is 11.3 Å². The van der Waals surface area contributed by atoms with Crippen molar-refractivity contribution in [3.05, 3.63) is 35.7 Å². The fraction of sp³-hybridized carbons (Fsp3) is 0.308. The number of nitrogens with zero attached hydrogens (tertiary/aromatic N) is 3. The molecule has 0 atom stereocenters. The number of nitrogen functional groups attached to an aromatic ring is 1. The van der Waals surface area contributed by atoms with Crippen molar-refractivity contribution in [1.82, 2.24) is 9.36 Å². The van der Waals surface area contributed by atoms with E-state index < -0.39 is 5.97 Å². The number of hydrogen-bond acceptors (Lipinski definition) is 7. The number of nitrogens with two attached hydrogens (primary N) is 1. The van der Waals surface area contributed by atoms with Crippen LogP contribution in [0.15, 0.2) is 24.5 Å². The molecule has 0 aliphatic heterocycles. The number of aromatic nitrogens is 2. The average Bonchev–Trinajstić information content (AvgIpc) is 2.82. The molecule has 0 saturated heterocycles. The third-order valence-electron chi connectivity index (χ3n) is 2.70. The topological polar surface area (TPSA) is 81.3 Å². The first-order valence-electron chi connectivity index (χ1n) is 6.15. The molecule has 7 heteroatoms. The van der Waals surface area contributed by atoms with E-state index in [1.54, 1.807) is 19.3 Å². The molecule has 2 aromatic heterocycles. The molecule has 0 amide bonds. The van der Waals surface area contributed by atoms with E-state index in [-0.39, 0.29) is 5.82 Å². The third-order valence-corrected chi connectivity index (χ3v) is 3.67. The van der Waals surface area contributed by atoms with Gasteiger partial charge in [-0.05, 0) is 36.2 Å². The van der Waals surface area contributed by atoms with Gasteiger partial charge < -0.3 is 15.4 Å². The lowest BCUT2D eigenvalue weighted by Crippen LogP contribution is -2.19. The Kier molecular flexibility index (Phi) is 4.52. The van der Waals surface area contributed by atoms with Crippen molar-refractivity contribution >= 4 is 28.3 Å². The largest absolute Gasteiger partial charge is 0.462 e. The minimum atomic E-state index is -0.435. The molecule has 0 saturated carbocycles. The van der Waals surface area contributed by atoms with Gasteiger partial charge in [-0.3, -0.25) is 4.98 Å². The molecule has 2 N–H and O–H groups in total. The fourth-order valence-electron chi connectivity index (χ4n) is 1.78. The lowest BCUT2D eigenvalue weighted by molar-refractivity contribution is 0.0528. The number of hydrogen-bond donors (Lipinski definition) is 1. The molecule has 20 heavy (non-hydrogen) atoms. The maximum atomic E-state index is 11.9. The summed E-state index contributed by atoms with van der Waals surface area (Å²) in [4.78, 5) is 17.8. The summed E-state index contributed by atoms with van der Waals surface area (Å²) < 4.78 is 9.07. The molecule has 0 aliphatic rings. The Hall–Kier alpha value is -2.15. The minimum absolute atomic E-state index is 0.213. The summed E-state index contributed by atoms with van der Waals surface area (Å²) in [5.74, 6) is -0.222. The van der Waals surface area contributed by atoms with Crippen LogP contribution in [0, 0.1) is 0 Å². The van der Waals surface area contributed by atoms with Crippen molar-refractivity contribution in [1.29, 1.82) is 0 Å². The Labute approximate surface area is 121 Å². The second-order valence-electron chi connectivity index (χ2n) is 4.18. The first-order valence-corrected chi connectivity index (χ1v) is 6.93. The summed E-state index contributed by atoms with van der Waals surface area (Å²) in [5, 5.41) is 0.706. The molecule has 0 bridgehead atoms. The Bertz CT molecular complexity index is 585. The van der Waals surface area contributed by atoms with Crippen molar-refractivity contribution in [2.24, 2.45) is 0 Å². The van der Waals surface area contributed by atoms with Crippen LogP contribution in [0.25, 0.3) is 0 Å². The van der Waals surface area contributed by atoms with Gasteiger partial charge in [-0.2, -0.15) is 4.37 Å². The molecule has 0 fully saturated rings. The fourth-order valence-corrected chi connectivity index (χ4v) is 2.54. The maximum absolute atomic E-state index is 11.9. The van der Waals surface area contributed by atoms with Crippen molar-refractivity contribution in [3.63, 3.8) is 0 Å². The highest BCUT2D eigenvalue weighted by molar-refractivity contribution is 7.11. The molecule has 2 heterocycles. The second-order valence-corrected chi connectivity index (χ2v) is 4.93. The Morgan fingerprint density at radius 2 is 2.15 bits per heavy atom. The van der Waals surface area contributed by atoms with Crippen molar-refractivity contribution in [2.75, 3.05) is 24.3 Å². The van der Waals surface area contributed by atoms with Crippen LogP contribution in [0.5, 0.6) is 0 Å². The molecule has 2 aromatic rings. The quantitative estimate of drug-likeness (QED) is 0.848. The summed E-state index contributed by atoms with van der Waals surface area (Å²) in [6.45, 7) is 2.70. The molecule has 106 valence electrons. The zero-order valence-electron chi connectivity index (χ0n) is 11.4. The van der Waals surface area contributed by atoms with E-state index >= 15 is 0 Å². The zero-order chi connectivity index (χ0) is 14.5. The Balaban J connectivity index is 2.22. The normalized spacial score (nSPS) is 10.3. The van der Waals surface area contributed by atoms with Crippen LogP contribution >= 0.6 is 11.5 Å².